The number of aromatic nitrogens is 2. The smallest absolute Gasteiger partial charge is 0.257 e. The number of nitrogens with zero attached hydrogens (tertiary/aromatic N) is 2. The van der Waals surface area contributed by atoms with Gasteiger partial charge in [-0.15, -0.1) is 0 Å². The van der Waals surface area contributed by atoms with Crippen LogP contribution in [0.5, 0.6) is 0 Å². The van der Waals surface area contributed by atoms with E-state index in [1.54, 1.807) is 19.1 Å². The molecule has 0 bridgehead atoms. The Bertz CT molecular complexity index is 576. The fourth-order valence-electron chi connectivity index (χ4n) is 2.38. The lowest BCUT2D eigenvalue weighted by Gasteiger charge is -2.18. The molecular weight excluding hydrogens is 245 g/mol. The molecule has 5 heteroatoms. The standard InChI is InChI=1S/C14H16FN3O/c1-9-8-11(2-3-12(9)15)14-17-13(18-19-14)10-4-6-16-7-5-10/h2-3,8,10,16H,4-7H2,1H3. The van der Waals surface area contributed by atoms with E-state index in [1.807, 2.05) is 0 Å². The first-order valence-corrected chi connectivity index (χ1v) is 6.55. The van der Waals surface area contributed by atoms with Crippen molar-refractivity contribution in [2.75, 3.05) is 13.1 Å². The van der Waals surface area contributed by atoms with Gasteiger partial charge in [0.15, 0.2) is 5.82 Å². The average Bonchev–Trinajstić information content (AvgIpc) is 2.93. The Morgan fingerprint density at radius 1 is 1.32 bits per heavy atom. The Balaban J connectivity index is 1.85. The van der Waals surface area contributed by atoms with E-state index in [9.17, 15) is 4.39 Å². The van der Waals surface area contributed by atoms with Crippen molar-refractivity contribution in [3.8, 4) is 11.5 Å². The van der Waals surface area contributed by atoms with Gasteiger partial charge in [0.1, 0.15) is 5.82 Å². The summed E-state index contributed by atoms with van der Waals surface area (Å²) in [4.78, 5) is 4.45. The third-order valence-electron chi connectivity index (χ3n) is 3.55. The second-order valence-electron chi connectivity index (χ2n) is 4.95. The Labute approximate surface area is 111 Å². The second kappa shape index (κ2) is 5.09. The number of halogens is 1. The summed E-state index contributed by atoms with van der Waals surface area (Å²) in [7, 11) is 0. The van der Waals surface area contributed by atoms with Crippen LogP contribution in [0.3, 0.4) is 0 Å². The number of hydrogen-bond donors (Lipinski definition) is 1. The lowest BCUT2D eigenvalue weighted by Crippen LogP contribution is -2.27. The van der Waals surface area contributed by atoms with E-state index >= 15 is 0 Å². The highest BCUT2D eigenvalue weighted by molar-refractivity contribution is 5.54. The van der Waals surface area contributed by atoms with Crippen LogP contribution < -0.4 is 5.32 Å². The second-order valence-corrected chi connectivity index (χ2v) is 4.95. The quantitative estimate of drug-likeness (QED) is 0.903. The zero-order chi connectivity index (χ0) is 13.2. The van der Waals surface area contributed by atoms with Gasteiger partial charge in [0, 0.05) is 11.5 Å². The normalized spacial score (nSPS) is 16.7. The molecule has 2 aromatic rings. The predicted octanol–water partition coefficient (Wildman–Crippen LogP) is 2.65. The maximum Gasteiger partial charge on any atom is 0.257 e. The highest BCUT2D eigenvalue weighted by atomic mass is 19.1. The molecule has 0 aliphatic carbocycles. The summed E-state index contributed by atoms with van der Waals surface area (Å²) in [5.74, 6) is 1.37. The Kier molecular flexibility index (Phi) is 3.29. The number of nitrogens with one attached hydrogen (secondary N) is 1. The van der Waals surface area contributed by atoms with Crippen LogP contribution >= 0.6 is 0 Å². The van der Waals surface area contributed by atoms with Crippen molar-refractivity contribution in [3.63, 3.8) is 0 Å². The van der Waals surface area contributed by atoms with Crippen molar-refractivity contribution in [1.82, 2.24) is 15.5 Å². The summed E-state index contributed by atoms with van der Waals surface area (Å²) in [6, 6.07) is 4.83. The molecule has 1 saturated heterocycles. The Morgan fingerprint density at radius 3 is 2.84 bits per heavy atom. The van der Waals surface area contributed by atoms with E-state index in [0.29, 0.717) is 17.4 Å². The highest BCUT2D eigenvalue weighted by Gasteiger charge is 2.21. The van der Waals surface area contributed by atoms with Crippen LogP contribution in [0, 0.1) is 12.7 Å². The van der Waals surface area contributed by atoms with E-state index in [2.05, 4.69) is 15.5 Å². The van der Waals surface area contributed by atoms with E-state index in [-0.39, 0.29) is 5.82 Å². The van der Waals surface area contributed by atoms with Crippen molar-refractivity contribution >= 4 is 0 Å². The monoisotopic (exact) mass is 261 g/mol. The largest absolute Gasteiger partial charge is 0.334 e. The van der Waals surface area contributed by atoms with Gasteiger partial charge in [-0.2, -0.15) is 4.98 Å². The molecule has 0 saturated carbocycles. The van der Waals surface area contributed by atoms with Crippen molar-refractivity contribution in [2.24, 2.45) is 0 Å². The van der Waals surface area contributed by atoms with Crippen LogP contribution in [0.4, 0.5) is 4.39 Å². The van der Waals surface area contributed by atoms with E-state index in [0.717, 1.165) is 37.3 Å². The summed E-state index contributed by atoms with van der Waals surface area (Å²) in [6.07, 6.45) is 2.06. The Morgan fingerprint density at radius 2 is 2.11 bits per heavy atom. The van der Waals surface area contributed by atoms with Crippen LogP contribution in [0.2, 0.25) is 0 Å². The summed E-state index contributed by atoms with van der Waals surface area (Å²) in [5, 5.41) is 7.37. The molecule has 4 nitrogen and oxygen atoms in total. The van der Waals surface area contributed by atoms with Crippen LogP contribution in [0.25, 0.3) is 11.5 Å². The maximum absolute atomic E-state index is 13.2. The topological polar surface area (TPSA) is 51.0 Å². The fraction of sp³-hybridized carbons (Fsp3) is 0.429. The first-order chi connectivity index (χ1) is 9.24. The van der Waals surface area contributed by atoms with Gasteiger partial charge in [-0.1, -0.05) is 5.16 Å². The van der Waals surface area contributed by atoms with Crippen LogP contribution in [0.1, 0.15) is 30.1 Å². The molecule has 1 fully saturated rings. The number of hydrogen-bond acceptors (Lipinski definition) is 4. The average molecular weight is 261 g/mol. The van der Waals surface area contributed by atoms with E-state index < -0.39 is 0 Å². The number of piperidine rings is 1. The van der Waals surface area contributed by atoms with Crippen LogP contribution in [-0.2, 0) is 0 Å². The van der Waals surface area contributed by atoms with E-state index in [1.165, 1.54) is 6.07 Å². The maximum atomic E-state index is 13.2. The number of aryl methyl sites for hydroxylation is 1. The van der Waals surface area contributed by atoms with E-state index in [4.69, 9.17) is 4.52 Å². The minimum absolute atomic E-state index is 0.221. The van der Waals surface area contributed by atoms with Crippen LogP contribution in [0.15, 0.2) is 22.7 Å². The van der Waals surface area contributed by atoms with Gasteiger partial charge in [0.25, 0.3) is 5.89 Å². The van der Waals surface area contributed by atoms with Gasteiger partial charge in [0.05, 0.1) is 0 Å². The van der Waals surface area contributed by atoms with Crippen LogP contribution in [-0.4, -0.2) is 23.2 Å². The lowest BCUT2D eigenvalue weighted by atomic mass is 9.98. The predicted molar refractivity (Wildman–Crippen MR) is 69.3 cm³/mol. The van der Waals surface area contributed by atoms with Gasteiger partial charge in [-0.3, -0.25) is 0 Å². The summed E-state index contributed by atoms with van der Waals surface area (Å²) in [5.41, 5.74) is 1.35. The third-order valence-corrected chi connectivity index (χ3v) is 3.55. The molecule has 1 aromatic carbocycles. The van der Waals surface area contributed by atoms with Gasteiger partial charge < -0.3 is 9.84 Å². The zero-order valence-corrected chi connectivity index (χ0v) is 10.8. The number of rotatable bonds is 2. The molecule has 0 unspecified atom stereocenters. The molecule has 0 radical (unpaired) electrons. The van der Waals surface area contributed by atoms with Crippen molar-refractivity contribution in [3.05, 3.63) is 35.4 Å². The molecule has 0 atom stereocenters. The summed E-state index contributed by atoms with van der Waals surface area (Å²) in [6.45, 7) is 3.71. The fourth-order valence-corrected chi connectivity index (χ4v) is 2.38. The molecular formula is C14H16FN3O. The first-order valence-electron chi connectivity index (χ1n) is 6.55. The first kappa shape index (κ1) is 12.3. The van der Waals surface area contributed by atoms with Crippen molar-refractivity contribution < 1.29 is 8.91 Å². The summed E-state index contributed by atoms with van der Waals surface area (Å²) < 4.78 is 18.5. The lowest BCUT2D eigenvalue weighted by molar-refractivity contribution is 0.392. The van der Waals surface area contributed by atoms with Gasteiger partial charge in [-0.05, 0) is 56.6 Å². The highest BCUT2D eigenvalue weighted by Crippen LogP contribution is 2.26. The molecule has 1 aliphatic rings. The van der Waals surface area contributed by atoms with Gasteiger partial charge in [-0.25, -0.2) is 4.39 Å². The van der Waals surface area contributed by atoms with Gasteiger partial charge in [0.2, 0.25) is 0 Å². The Hall–Kier alpha value is -1.75. The third kappa shape index (κ3) is 2.51. The molecule has 19 heavy (non-hydrogen) atoms. The SMILES string of the molecule is Cc1cc(-c2nc(C3CCNCC3)no2)ccc1F. The minimum Gasteiger partial charge on any atom is -0.334 e. The van der Waals surface area contributed by atoms with Crippen molar-refractivity contribution in [1.29, 1.82) is 0 Å². The molecule has 1 aliphatic heterocycles. The molecule has 2 heterocycles. The minimum atomic E-state index is -0.221. The summed E-state index contributed by atoms with van der Waals surface area (Å²) >= 11 is 0. The molecule has 1 N–H and O–H groups in total. The molecule has 0 spiro atoms. The van der Waals surface area contributed by atoms with Gasteiger partial charge >= 0.3 is 0 Å². The molecule has 1 aromatic heterocycles. The number of benzene rings is 1. The van der Waals surface area contributed by atoms with Crippen molar-refractivity contribution in [2.45, 2.75) is 25.7 Å². The molecule has 100 valence electrons. The molecule has 3 rings (SSSR count). The molecule has 0 amide bonds. The zero-order valence-electron chi connectivity index (χ0n) is 10.8.